The van der Waals surface area contributed by atoms with E-state index in [0.717, 1.165) is 31.4 Å². The molecule has 0 spiro atoms. The van der Waals surface area contributed by atoms with Gasteiger partial charge in [0.15, 0.2) is 0 Å². The fraction of sp³-hybridized carbons (Fsp3) is 0.500. The zero-order valence-corrected chi connectivity index (χ0v) is 22.6. The first kappa shape index (κ1) is 26.1. The molecule has 192 valence electrons. The highest BCUT2D eigenvalue weighted by Crippen LogP contribution is 2.26. The molecule has 3 aromatic rings. The Morgan fingerprint density at radius 3 is 2.58 bits per heavy atom. The van der Waals surface area contributed by atoms with Gasteiger partial charge >= 0.3 is 0 Å². The van der Waals surface area contributed by atoms with E-state index >= 15 is 0 Å². The van der Waals surface area contributed by atoms with Crippen molar-refractivity contribution in [3.8, 4) is 11.4 Å². The van der Waals surface area contributed by atoms with Crippen LogP contribution in [0.2, 0.25) is 0 Å². The van der Waals surface area contributed by atoms with Crippen LogP contribution < -0.4 is 5.32 Å². The lowest BCUT2D eigenvalue weighted by Crippen LogP contribution is -2.43. The van der Waals surface area contributed by atoms with E-state index in [2.05, 4.69) is 104 Å². The van der Waals surface area contributed by atoms with Crippen LogP contribution in [-0.2, 0) is 16.8 Å². The molecule has 2 heterocycles. The van der Waals surface area contributed by atoms with Gasteiger partial charge in [-0.1, -0.05) is 80.9 Å². The Bertz CT molecular complexity index is 1180. The third-order valence-electron chi connectivity index (χ3n) is 7.24. The monoisotopic (exact) mass is 488 g/mol. The van der Waals surface area contributed by atoms with E-state index in [1.54, 1.807) is 0 Å². The van der Waals surface area contributed by atoms with Gasteiger partial charge in [0, 0.05) is 12.1 Å². The van der Waals surface area contributed by atoms with Crippen LogP contribution in [0.4, 0.5) is 0 Å². The van der Waals surface area contributed by atoms with E-state index in [0.29, 0.717) is 24.8 Å². The highest BCUT2D eigenvalue weighted by Gasteiger charge is 2.28. The minimum Gasteiger partial charge on any atom is -0.349 e. The largest absolute Gasteiger partial charge is 0.349 e. The molecule has 2 atom stereocenters. The van der Waals surface area contributed by atoms with Gasteiger partial charge in [-0.05, 0) is 61.8 Å². The summed E-state index contributed by atoms with van der Waals surface area (Å²) in [6.07, 6.45) is 2.75. The number of piperidine rings is 1. The van der Waals surface area contributed by atoms with Gasteiger partial charge in [-0.15, -0.1) is 0 Å². The SMILES string of the molecule is CCC(NC(=O)C1CCCN(Cc2nc(-c3ccc(C(C)(C)C)cc3)no2)C1)c1ccc(C)cc1C. The number of carbonyl (C=O) groups excluding carboxylic acids is 1. The predicted molar refractivity (Wildman–Crippen MR) is 144 cm³/mol. The zero-order chi connectivity index (χ0) is 25.9. The lowest BCUT2D eigenvalue weighted by Gasteiger charge is -2.32. The van der Waals surface area contributed by atoms with Crippen molar-refractivity contribution in [2.45, 2.75) is 78.8 Å². The number of likely N-dealkylation sites (tertiary alicyclic amines) is 1. The fourth-order valence-electron chi connectivity index (χ4n) is 5.07. The topological polar surface area (TPSA) is 71.3 Å². The Morgan fingerprint density at radius 2 is 1.92 bits per heavy atom. The summed E-state index contributed by atoms with van der Waals surface area (Å²) in [5.41, 5.74) is 6.01. The Morgan fingerprint density at radius 1 is 1.17 bits per heavy atom. The van der Waals surface area contributed by atoms with Crippen LogP contribution in [0.5, 0.6) is 0 Å². The summed E-state index contributed by atoms with van der Waals surface area (Å²) in [4.78, 5) is 20.1. The molecule has 0 aliphatic carbocycles. The number of benzene rings is 2. The lowest BCUT2D eigenvalue weighted by molar-refractivity contribution is -0.127. The van der Waals surface area contributed by atoms with Crippen molar-refractivity contribution >= 4 is 5.91 Å². The Kier molecular flexibility index (Phi) is 7.94. The van der Waals surface area contributed by atoms with E-state index in [-0.39, 0.29) is 23.3 Å². The first-order valence-corrected chi connectivity index (χ1v) is 13.2. The first-order chi connectivity index (χ1) is 17.1. The summed E-state index contributed by atoms with van der Waals surface area (Å²) >= 11 is 0. The van der Waals surface area contributed by atoms with Gasteiger partial charge in [0.25, 0.3) is 0 Å². The summed E-state index contributed by atoms with van der Waals surface area (Å²) in [5, 5.41) is 7.53. The zero-order valence-electron chi connectivity index (χ0n) is 22.6. The van der Waals surface area contributed by atoms with Gasteiger partial charge in [0.1, 0.15) is 0 Å². The van der Waals surface area contributed by atoms with E-state index < -0.39 is 0 Å². The number of nitrogens with one attached hydrogen (secondary N) is 1. The maximum Gasteiger partial charge on any atom is 0.241 e. The molecule has 0 radical (unpaired) electrons. The molecule has 1 N–H and O–H groups in total. The Balaban J connectivity index is 1.36. The molecule has 1 fully saturated rings. The standard InChI is InChI=1S/C30H40N4O2/c1-7-26(25-15-10-20(2)17-21(25)3)31-29(35)23-9-8-16-34(18-23)19-27-32-28(33-36-27)22-11-13-24(14-12-22)30(4,5)6/h10-15,17,23,26H,7-9,16,18-19H2,1-6H3,(H,31,35). The maximum atomic E-state index is 13.2. The van der Waals surface area contributed by atoms with Crippen LogP contribution in [-0.4, -0.2) is 34.0 Å². The quantitative estimate of drug-likeness (QED) is 0.433. The van der Waals surface area contributed by atoms with Crippen molar-refractivity contribution in [2.75, 3.05) is 13.1 Å². The van der Waals surface area contributed by atoms with Crippen molar-refractivity contribution in [2.24, 2.45) is 5.92 Å². The van der Waals surface area contributed by atoms with Gasteiger partial charge in [0.05, 0.1) is 18.5 Å². The average molecular weight is 489 g/mol. The van der Waals surface area contributed by atoms with Crippen molar-refractivity contribution in [1.82, 2.24) is 20.4 Å². The summed E-state index contributed by atoms with van der Waals surface area (Å²) < 4.78 is 5.57. The number of hydrogen-bond donors (Lipinski definition) is 1. The van der Waals surface area contributed by atoms with Crippen LogP contribution >= 0.6 is 0 Å². The Hall–Kier alpha value is -2.99. The first-order valence-electron chi connectivity index (χ1n) is 13.2. The maximum absolute atomic E-state index is 13.2. The van der Waals surface area contributed by atoms with Crippen LogP contribution in [0.3, 0.4) is 0 Å². The molecule has 1 aliphatic heterocycles. The molecular formula is C30H40N4O2. The minimum absolute atomic E-state index is 0.0362. The van der Waals surface area contributed by atoms with Crippen LogP contribution in [0.25, 0.3) is 11.4 Å². The highest BCUT2D eigenvalue weighted by molar-refractivity contribution is 5.79. The summed E-state index contributed by atoms with van der Waals surface area (Å²) in [6, 6.07) is 14.8. The van der Waals surface area contributed by atoms with Gasteiger partial charge in [-0.2, -0.15) is 4.98 Å². The molecule has 0 bridgehead atoms. The number of rotatable bonds is 7. The molecule has 1 amide bonds. The second kappa shape index (κ2) is 11.0. The molecule has 4 rings (SSSR count). The number of aryl methyl sites for hydroxylation is 2. The molecule has 1 aromatic heterocycles. The third kappa shape index (κ3) is 6.22. The molecular weight excluding hydrogens is 448 g/mol. The molecule has 36 heavy (non-hydrogen) atoms. The normalized spacial score (nSPS) is 17.7. The van der Waals surface area contributed by atoms with E-state index in [9.17, 15) is 4.79 Å². The van der Waals surface area contributed by atoms with Crippen LogP contribution in [0, 0.1) is 19.8 Å². The van der Waals surface area contributed by atoms with Gasteiger partial charge in [-0.25, -0.2) is 0 Å². The van der Waals surface area contributed by atoms with Crippen molar-refractivity contribution < 1.29 is 9.32 Å². The number of nitrogens with zero attached hydrogens (tertiary/aromatic N) is 3. The van der Waals surface area contributed by atoms with Crippen molar-refractivity contribution in [3.63, 3.8) is 0 Å². The number of hydrogen-bond acceptors (Lipinski definition) is 5. The predicted octanol–water partition coefficient (Wildman–Crippen LogP) is 6.13. The summed E-state index contributed by atoms with van der Waals surface area (Å²) in [6.45, 7) is 15.1. The third-order valence-corrected chi connectivity index (χ3v) is 7.24. The Labute approximate surface area is 215 Å². The van der Waals surface area contributed by atoms with E-state index in [1.165, 1.54) is 22.3 Å². The second-order valence-electron chi connectivity index (χ2n) is 11.2. The minimum atomic E-state index is -0.0362. The lowest BCUT2D eigenvalue weighted by atomic mass is 9.87. The second-order valence-corrected chi connectivity index (χ2v) is 11.2. The van der Waals surface area contributed by atoms with E-state index in [4.69, 9.17) is 4.52 Å². The molecule has 2 aromatic carbocycles. The van der Waals surface area contributed by atoms with Crippen molar-refractivity contribution in [3.05, 3.63) is 70.6 Å². The number of amides is 1. The van der Waals surface area contributed by atoms with Gasteiger partial charge < -0.3 is 9.84 Å². The number of carbonyl (C=O) groups is 1. The fourth-order valence-corrected chi connectivity index (χ4v) is 5.07. The molecule has 0 saturated carbocycles. The number of aromatic nitrogens is 2. The molecule has 1 saturated heterocycles. The molecule has 2 unspecified atom stereocenters. The molecule has 1 aliphatic rings. The summed E-state index contributed by atoms with van der Waals surface area (Å²) in [5.74, 6) is 1.30. The molecule has 6 nitrogen and oxygen atoms in total. The van der Waals surface area contributed by atoms with Gasteiger partial charge in [0.2, 0.25) is 17.6 Å². The smallest absolute Gasteiger partial charge is 0.241 e. The molecule has 6 heteroatoms. The summed E-state index contributed by atoms with van der Waals surface area (Å²) in [7, 11) is 0. The van der Waals surface area contributed by atoms with Crippen molar-refractivity contribution in [1.29, 1.82) is 0 Å². The van der Waals surface area contributed by atoms with Gasteiger partial charge in [-0.3, -0.25) is 9.69 Å². The van der Waals surface area contributed by atoms with E-state index in [1.807, 2.05) is 0 Å². The average Bonchev–Trinajstić information content (AvgIpc) is 3.31. The van der Waals surface area contributed by atoms with Crippen LogP contribution in [0.1, 0.15) is 81.1 Å². The van der Waals surface area contributed by atoms with Crippen LogP contribution in [0.15, 0.2) is 47.0 Å². The highest BCUT2D eigenvalue weighted by atomic mass is 16.5.